The van der Waals surface area contributed by atoms with Crippen molar-refractivity contribution in [3.05, 3.63) is 94.5 Å². The fourth-order valence-corrected chi connectivity index (χ4v) is 3.82. The van der Waals surface area contributed by atoms with Crippen molar-refractivity contribution in [1.29, 1.82) is 0 Å². The minimum Gasteiger partial charge on any atom is -0.496 e. The molecule has 0 spiro atoms. The number of methoxy groups -OCH3 is 1. The molecule has 1 aliphatic heterocycles. The van der Waals surface area contributed by atoms with E-state index in [1.807, 2.05) is 30.3 Å². The van der Waals surface area contributed by atoms with E-state index in [0.29, 0.717) is 22.0 Å². The first-order valence-electron chi connectivity index (χ1n) is 9.16. The normalized spacial score (nSPS) is 15.9. The van der Waals surface area contributed by atoms with E-state index in [1.165, 1.54) is 7.11 Å². The van der Waals surface area contributed by atoms with Crippen molar-refractivity contribution in [2.24, 2.45) is 0 Å². The molecule has 146 valence electrons. The molecule has 1 atom stereocenters. The van der Waals surface area contributed by atoms with Crippen LogP contribution in [-0.2, 0) is 4.79 Å². The van der Waals surface area contributed by atoms with Crippen molar-refractivity contribution in [3.8, 4) is 5.75 Å². The fraction of sp³-hybridized carbons (Fsp3) is 0.130. The van der Waals surface area contributed by atoms with Crippen molar-refractivity contribution in [2.45, 2.75) is 6.04 Å². The summed E-state index contributed by atoms with van der Waals surface area (Å²) in [5, 5.41) is 3.42. The van der Waals surface area contributed by atoms with Gasteiger partial charge in [0.25, 0.3) is 5.91 Å². The summed E-state index contributed by atoms with van der Waals surface area (Å²) in [6.45, 7) is -0.0945. The van der Waals surface area contributed by atoms with Gasteiger partial charge < -0.3 is 15.0 Å². The molecular formula is C23H19ClN2O3. The zero-order chi connectivity index (χ0) is 20.4. The van der Waals surface area contributed by atoms with E-state index in [9.17, 15) is 9.59 Å². The third kappa shape index (κ3) is 3.69. The van der Waals surface area contributed by atoms with Crippen molar-refractivity contribution in [1.82, 2.24) is 4.90 Å². The third-order valence-corrected chi connectivity index (χ3v) is 5.16. The Bertz CT molecular complexity index is 1070. The van der Waals surface area contributed by atoms with Crippen LogP contribution in [0.4, 0.5) is 5.69 Å². The van der Waals surface area contributed by atoms with Crippen LogP contribution in [-0.4, -0.2) is 30.4 Å². The van der Waals surface area contributed by atoms with E-state index >= 15 is 0 Å². The average Bonchev–Trinajstić information content (AvgIpc) is 2.89. The molecule has 0 aliphatic carbocycles. The molecule has 3 aromatic rings. The first kappa shape index (κ1) is 19.0. The molecule has 1 heterocycles. The zero-order valence-corrected chi connectivity index (χ0v) is 16.5. The number of carbonyl (C=O) groups is 2. The Morgan fingerprint density at radius 2 is 1.79 bits per heavy atom. The number of ether oxygens (including phenoxy) is 1. The molecule has 2 amide bonds. The van der Waals surface area contributed by atoms with Gasteiger partial charge in [-0.15, -0.1) is 0 Å². The van der Waals surface area contributed by atoms with Crippen molar-refractivity contribution >= 4 is 29.1 Å². The SMILES string of the molecule is COc1ccccc1C(=O)N1CC(=O)Nc2ccc(Cl)cc2C1c1ccccc1. The molecule has 0 fully saturated rings. The number of fused-ring (bicyclic) bond motifs is 1. The van der Waals surface area contributed by atoms with E-state index in [1.54, 1.807) is 47.4 Å². The maximum Gasteiger partial charge on any atom is 0.258 e. The molecule has 1 unspecified atom stereocenters. The van der Waals surface area contributed by atoms with Gasteiger partial charge in [-0.05, 0) is 35.9 Å². The van der Waals surface area contributed by atoms with Gasteiger partial charge in [0, 0.05) is 16.3 Å². The van der Waals surface area contributed by atoms with E-state index in [2.05, 4.69) is 5.32 Å². The Labute approximate surface area is 173 Å². The summed E-state index contributed by atoms with van der Waals surface area (Å²) in [4.78, 5) is 27.8. The first-order chi connectivity index (χ1) is 14.1. The number of nitrogens with one attached hydrogen (secondary N) is 1. The number of benzene rings is 3. The molecule has 0 aromatic heterocycles. The number of halogens is 1. The monoisotopic (exact) mass is 406 g/mol. The second-order valence-electron chi connectivity index (χ2n) is 6.73. The minimum absolute atomic E-state index is 0.0945. The fourth-order valence-electron chi connectivity index (χ4n) is 3.64. The average molecular weight is 407 g/mol. The number of carbonyl (C=O) groups excluding carboxylic acids is 2. The lowest BCUT2D eigenvalue weighted by Crippen LogP contribution is -2.39. The summed E-state index contributed by atoms with van der Waals surface area (Å²) in [6.07, 6.45) is 0. The molecule has 4 rings (SSSR count). The van der Waals surface area contributed by atoms with E-state index in [-0.39, 0.29) is 18.4 Å². The number of hydrogen-bond donors (Lipinski definition) is 1. The lowest BCUT2D eigenvalue weighted by atomic mass is 9.95. The van der Waals surface area contributed by atoms with Crippen molar-refractivity contribution in [3.63, 3.8) is 0 Å². The molecule has 6 heteroatoms. The number of anilines is 1. The summed E-state index contributed by atoms with van der Waals surface area (Å²) in [5.41, 5.74) is 2.69. The van der Waals surface area contributed by atoms with Gasteiger partial charge in [-0.3, -0.25) is 9.59 Å². The van der Waals surface area contributed by atoms with Crippen LogP contribution in [0.15, 0.2) is 72.8 Å². The lowest BCUT2D eigenvalue weighted by Gasteiger charge is -2.31. The molecule has 1 N–H and O–H groups in total. The molecule has 5 nitrogen and oxygen atoms in total. The summed E-state index contributed by atoms with van der Waals surface area (Å²) >= 11 is 6.27. The second-order valence-corrected chi connectivity index (χ2v) is 7.16. The maximum absolute atomic E-state index is 13.6. The van der Waals surface area contributed by atoms with Crippen LogP contribution in [0.2, 0.25) is 5.02 Å². The highest BCUT2D eigenvalue weighted by atomic mass is 35.5. The Hall–Kier alpha value is -3.31. The van der Waals surface area contributed by atoms with Gasteiger partial charge in [-0.25, -0.2) is 0 Å². The Morgan fingerprint density at radius 3 is 2.55 bits per heavy atom. The van der Waals surface area contributed by atoms with E-state index in [0.717, 1.165) is 11.1 Å². The molecule has 0 radical (unpaired) electrons. The summed E-state index contributed by atoms with van der Waals surface area (Å²) in [6, 6.07) is 21.4. The highest BCUT2D eigenvalue weighted by Gasteiger charge is 2.34. The number of para-hydroxylation sites is 1. The van der Waals surface area contributed by atoms with Gasteiger partial charge in [0.2, 0.25) is 5.91 Å². The highest BCUT2D eigenvalue weighted by Crippen LogP contribution is 2.38. The highest BCUT2D eigenvalue weighted by molar-refractivity contribution is 6.30. The van der Waals surface area contributed by atoms with Gasteiger partial charge in [-0.1, -0.05) is 54.1 Å². The van der Waals surface area contributed by atoms with Gasteiger partial charge in [0.05, 0.1) is 18.7 Å². The number of hydrogen-bond acceptors (Lipinski definition) is 3. The summed E-state index contributed by atoms with van der Waals surface area (Å²) in [7, 11) is 1.52. The molecule has 29 heavy (non-hydrogen) atoms. The number of amides is 2. The predicted octanol–water partition coefficient (Wildman–Crippen LogP) is 4.53. The second kappa shape index (κ2) is 7.97. The first-order valence-corrected chi connectivity index (χ1v) is 9.54. The van der Waals surface area contributed by atoms with Crippen LogP contribution >= 0.6 is 11.6 Å². The van der Waals surface area contributed by atoms with Crippen LogP contribution in [0.1, 0.15) is 27.5 Å². The molecule has 0 bridgehead atoms. The lowest BCUT2D eigenvalue weighted by molar-refractivity contribution is -0.117. The zero-order valence-electron chi connectivity index (χ0n) is 15.8. The molecular weight excluding hydrogens is 388 g/mol. The largest absolute Gasteiger partial charge is 0.496 e. The minimum atomic E-state index is -0.485. The molecule has 0 saturated heterocycles. The van der Waals surface area contributed by atoms with Crippen LogP contribution in [0.5, 0.6) is 5.75 Å². The predicted molar refractivity (Wildman–Crippen MR) is 112 cm³/mol. The molecule has 3 aromatic carbocycles. The topological polar surface area (TPSA) is 58.6 Å². The number of rotatable bonds is 3. The van der Waals surface area contributed by atoms with E-state index in [4.69, 9.17) is 16.3 Å². The van der Waals surface area contributed by atoms with Gasteiger partial charge in [-0.2, -0.15) is 0 Å². The molecule has 1 aliphatic rings. The Kier molecular flexibility index (Phi) is 5.23. The van der Waals surface area contributed by atoms with Crippen molar-refractivity contribution in [2.75, 3.05) is 19.0 Å². The Balaban J connectivity index is 1.90. The quantitative estimate of drug-likeness (QED) is 0.695. The van der Waals surface area contributed by atoms with Crippen molar-refractivity contribution < 1.29 is 14.3 Å². The molecule has 0 saturated carbocycles. The maximum atomic E-state index is 13.6. The van der Waals surface area contributed by atoms with Crippen LogP contribution in [0.25, 0.3) is 0 Å². The number of nitrogens with zero attached hydrogens (tertiary/aromatic N) is 1. The Morgan fingerprint density at radius 1 is 1.07 bits per heavy atom. The van der Waals surface area contributed by atoms with Crippen LogP contribution in [0.3, 0.4) is 0 Å². The van der Waals surface area contributed by atoms with Gasteiger partial charge in [0.15, 0.2) is 0 Å². The summed E-state index contributed by atoms with van der Waals surface area (Å²) < 4.78 is 5.38. The van der Waals surface area contributed by atoms with Crippen LogP contribution in [0, 0.1) is 0 Å². The summed E-state index contributed by atoms with van der Waals surface area (Å²) in [5.74, 6) is -0.102. The van der Waals surface area contributed by atoms with Gasteiger partial charge in [0.1, 0.15) is 12.3 Å². The van der Waals surface area contributed by atoms with E-state index < -0.39 is 6.04 Å². The smallest absolute Gasteiger partial charge is 0.258 e. The third-order valence-electron chi connectivity index (χ3n) is 4.92. The standard InChI is InChI=1S/C23H19ClN2O3/c1-29-20-10-6-5-9-17(20)23(28)26-14-21(27)25-19-12-11-16(24)13-18(19)22(26)15-7-3-2-4-8-15/h2-13,22H,14H2,1H3,(H,25,27). The van der Waals surface area contributed by atoms with Gasteiger partial charge >= 0.3 is 0 Å². The van der Waals surface area contributed by atoms with Crippen LogP contribution < -0.4 is 10.1 Å².